The fraction of sp³-hybridized carbons (Fsp3) is 0.846. The third kappa shape index (κ3) is 3.45. The molecule has 1 heteroatoms. The van der Waals surface area contributed by atoms with E-state index in [9.17, 15) is 5.11 Å². The monoisotopic (exact) mass is 196 g/mol. The van der Waals surface area contributed by atoms with Crippen LogP contribution in [0.5, 0.6) is 0 Å². The predicted octanol–water partition coefficient (Wildman–Crippen LogP) is 3.53. The van der Waals surface area contributed by atoms with Crippen LogP contribution in [0.3, 0.4) is 0 Å². The lowest BCUT2D eigenvalue weighted by Gasteiger charge is -2.35. The van der Waals surface area contributed by atoms with Gasteiger partial charge >= 0.3 is 0 Å². The maximum Gasteiger partial charge on any atom is 0.0833 e. The first-order chi connectivity index (χ1) is 6.35. The summed E-state index contributed by atoms with van der Waals surface area (Å²) < 4.78 is 0. The Morgan fingerprint density at radius 3 is 2.43 bits per heavy atom. The normalized spacial score (nSPS) is 33.4. The van der Waals surface area contributed by atoms with E-state index < -0.39 is 5.60 Å². The summed E-state index contributed by atoms with van der Waals surface area (Å²) in [6, 6.07) is 0. The van der Waals surface area contributed by atoms with E-state index in [-0.39, 0.29) is 5.41 Å². The molecule has 0 fully saturated rings. The highest BCUT2D eigenvalue weighted by Crippen LogP contribution is 2.36. The summed E-state index contributed by atoms with van der Waals surface area (Å²) in [5, 5.41) is 10.3. The van der Waals surface area contributed by atoms with Crippen LogP contribution in [0.2, 0.25) is 0 Å². The van der Waals surface area contributed by atoms with Crippen LogP contribution in [0.1, 0.15) is 53.4 Å². The van der Waals surface area contributed by atoms with E-state index in [4.69, 9.17) is 0 Å². The molecule has 2 atom stereocenters. The van der Waals surface area contributed by atoms with Crippen LogP contribution < -0.4 is 0 Å². The molecule has 1 N–H and O–H groups in total. The molecule has 1 aliphatic rings. The topological polar surface area (TPSA) is 20.2 Å². The van der Waals surface area contributed by atoms with Gasteiger partial charge in [-0.3, -0.25) is 0 Å². The van der Waals surface area contributed by atoms with E-state index in [2.05, 4.69) is 33.8 Å². The molecule has 0 bridgehead atoms. The van der Waals surface area contributed by atoms with Crippen molar-refractivity contribution in [3.63, 3.8) is 0 Å². The smallest absolute Gasteiger partial charge is 0.0833 e. The van der Waals surface area contributed by atoms with E-state index >= 15 is 0 Å². The van der Waals surface area contributed by atoms with E-state index in [1.54, 1.807) is 0 Å². The summed E-state index contributed by atoms with van der Waals surface area (Å²) in [5.41, 5.74) is -0.331. The molecule has 0 aliphatic heterocycles. The zero-order valence-corrected chi connectivity index (χ0v) is 10.0. The van der Waals surface area contributed by atoms with Crippen molar-refractivity contribution >= 4 is 0 Å². The average Bonchev–Trinajstić information content (AvgIpc) is 2.01. The molecule has 0 amide bonds. The summed E-state index contributed by atoms with van der Waals surface area (Å²) in [5.74, 6) is 0.690. The number of hydrogen-bond acceptors (Lipinski definition) is 1. The summed E-state index contributed by atoms with van der Waals surface area (Å²) in [6.07, 6.45) is 8.37. The van der Waals surface area contributed by atoms with Crippen LogP contribution in [0, 0.1) is 11.3 Å². The van der Waals surface area contributed by atoms with E-state index in [1.807, 2.05) is 6.08 Å². The molecular formula is C13H24O. The first-order valence-electron chi connectivity index (χ1n) is 5.76. The van der Waals surface area contributed by atoms with Crippen molar-refractivity contribution in [1.82, 2.24) is 0 Å². The van der Waals surface area contributed by atoms with Gasteiger partial charge in [0, 0.05) is 0 Å². The minimum atomic E-state index is -0.538. The second kappa shape index (κ2) is 4.06. The maximum absolute atomic E-state index is 10.3. The molecule has 82 valence electrons. The number of aliphatic hydroxyl groups is 1. The molecule has 0 radical (unpaired) electrons. The Labute approximate surface area is 88.2 Å². The fourth-order valence-electron chi connectivity index (χ4n) is 2.34. The highest BCUT2D eigenvalue weighted by molar-refractivity contribution is 5.08. The van der Waals surface area contributed by atoms with Gasteiger partial charge in [-0.15, -0.1) is 0 Å². The Balaban J connectivity index is 2.61. The minimum absolute atomic E-state index is 0.206. The van der Waals surface area contributed by atoms with Gasteiger partial charge in [0.05, 0.1) is 5.60 Å². The largest absolute Gasteiger partial charge is 0.386 e. The van der Waals surface area contributed by atoms with Crippen LogP contribution in [0.4, 0.5) is 0 Å². The summed E-state index contributed by atoms with van der Waals surface area (Å²) in [4.78, 5) is 0. The van der Waals surface area contributed by atoms with Gasteiger partial charge in [-0.25, -0.2) is 0 Å². The molecule has 1 nitrogen and oxygen atoms in total. The van der Waals surface area contributed by atoms with Crippen LogP contribution in [0.15, 0.2) is 12.2 Å². The third-order valence-electron chi connectivity index (χ3n) is 2.99. The van der Waals surface area contributed by atoms with Crippen molar-refractivity contribution in [1.29, 1.82) is 0 Å². The molecule has 14 heavy (non-hydrogen) atoms. The highest BCUT2D eigenvalue weighted by atomic mass is 16.3. The molecule has 0 aromatic rings. The van der Waals surface area contributed by atoms with Gasteiger partial charge in [-0.1, -0.05) is 39.8 Å². The molecular weight excluding hydrogens is 172 g/mol. The number of allylic oxidation sites excluding steroid dienone is 1. The van der Waals surface area contributed by atoms with Crippen molar-refractivity contribution in [2.75, 3.05) is 0 Å². The van der Waals surface area contributed by atoms with Crippen molar-refractivity contribution in [3.05, 3.63) is 12.2 Å². The van der Waals surface area contributed by atoms with E-state index in [0.717, 1.165) is 19.3 Å². The Kier molecular flexibility index (Phi) is 3.41. The molecule has 0 heterocycles. The van der Waals surface area contributed by atoms with Gasteiger partial charge < -0.3 is 5.11 Å². The second-order valence-corrected chi connectivity index (χ2v) is 5.91. The zero-order valence-electron chi connectivity index (χ0n) is 10.0. The molecule has 1 aliphatic carbocycles. The van der Waals surface area contributed by atoms with Crippen molar-refractivity contribution in [3.8, 4) is 0 Å². The van der Waals surface area contributed by atoms with Gasteiger partial charge in [0.1, 0.15) is 0 Å². The van der Waals surface area contributed by atoms with Gasteiger partial charge in [-0.05, 0) is 37.0 Å². The first kappa shape index (κ1) is 11.8. The predicted molar refractivity (Wildman–Crippen MR) is 61.2 cm³/mol. The molecule has 0 saturated heterocycles. The standard InChI is InChI=1S/C13H24O/c1-5-11-6-8-13(14,9-7-11)10-12(2,3)4/h6,8,11,14H,5,7,9-10H2,1-4H3. The summed E-state index contributed by atoms with van der Waals surface area (Å²) in [6.45, 7) is 8.77. The zero-order chi connectivity index (χ0) is 10.8. The maximum atomic E-state index is 10.3. The lowest BCUT2D eigenvalue weighted by Crippen LogP contribution is -2.34. The molecule has 0 aromatic carbocycles. The van der Waals surface area contributed by atoms with E-state index in [1.165, 1.54) is 6.42 Å². The third-order valence-corrected chi connectivity index (χ3v) is 2.99. The molecule has 0 aromatic heterocycles. The van der Waals surface area contributed by atoms with Gasteiger partial charge in [-0.2, -0.15) is 0 Å². The van der Waals surface area contributed by atoms with E-state index in [0.29, 0.717) is 5.92 Å². The van der Waals surface area contributed by atoms with Crippen molar-refractivity contribution in [2.45, 2.75) is 59.0 Å². The molecule has 1 rings (SSSR count). The van der Waals surface area contributed by atoms with Crippen LogP contribution in [-0.2, 0) is 0 Å². The summed E-state index contributed by atoms with van der Waals surface area (Å²) in [7, 11) is 0. The number of rotatable bonds is 2. The van der Waals surface area contributed by atoms with Crippen molar-refractivity contribution < 1.29 is 5.11 Å². The Morgan fingerprint density at radius 2 is 2.07 bits per heavy atom. The minimum Gasteiger partial charge on any atom is -0.386 e. The average molecular weight is 196 g/mol. The highest BCUT2D eigenvalue weighted by Gasteiger charge is 2.32. The second-order valence-electron chi connectivity index (χ2n) is 5.91. The SMILES string of the molecule is CCC1C=CC(O)(CC(C)(C)C)CC1. The number of hydrogen-bond donors (Lipinski definition) is 1. The van der Waals surface area contributed by atoms with Crippen LogP contribution in [-0.4, -0.2) is 10.7 Å². The lowest BCUT2D eigenvalue weighted by atomic mass is 9.75. The quantitative estimate of drug-likeness (QED) is 0.670. The molecule has 0 spiro atoms. The van der Waals surface area contributed by atoms with Gasteiger partial charge in [0.2, 0.25) is 0 Å². The molecule has 2 unspecified atom stereocenters. The Bertz CT molecular complexity index is 212. The first-order valence-corrected chi connectivity index (χ1v) is 5.76. The fourth-order valence-corrected chi connectivity index (χ4v) is 2.34. The van der Waals surface area contributed by atoms with Crippen molar-refractivity contribution in [2.24, 2.45) is 11.3 Å². The van der Waals surface area contributed by atoms with Gasteiger partial charge in [0.25, 0.3) is 0 Å². The lowest BCUT2D eigenvalue weighted by molar-refractivity contribution is 0.0284. The van der Waals surface area contributed by atoms with Crippen LogP contribution >= 0.6 is 0 Å². The summed E-state index contributed by atoms with van der Waals surface area (Å²) >= 11 is 0. The Morgan fingerprint density at radius 1 is 1.43 bits per heavy atom. The molecule has 0 saturated carbocycles. The van der Waals surface area contributed by atoms with Crippen LogP contribution in [0.25, 0.3) is 0 Å². The Hall–Kier alpha value is -0.300. The van der Waals surface area contributed by atoms with Gasteiger partial charge in [0.15, 0.2) is 0 Å².